The molecule has 0 aliphatic heterocycles. The highest BCUT2D eigenvalue weighted by Gasteiger charge is 2.31. The van der Waals surface area contributed by atoms with Crippen molar-refractivity contribution in [2.24, 2.45) is 0 Å². The molecule has 120 valence electrons. The van der Waals surface area contributed by atoms with E-state index in [0.29, 0.717) is 0 Å². The monoisotopic (exact) mass is 313 g/mol. The summed E-state index contributed by atoms with van der Waals surface area (Å²) < 4.78 is 9.04. The van der Waals surface area contributed by atoms with Crippen LogP contribution in [0.15, 0.2) is 18.2 Å². The van der Waals surface area contributed by atoms with E-state index < -0.39 is 34.8 Å². The summed E-state index contributed by atoms with van der Waals surface area (Å²) in [5.41, 5.74) is -0.910. The van der Waals surface area contributed by atoms with Crippen molar-refractivity contribution < 1.29 is 34.2 Å². The highest BCUT2D eigenvalue weighted by Crippen LogP contribution is 2.26. The SMILES string of the molecule is CCOC(=O)C(O)C(O)c1ccc([N+](=O)[O-])cc1C(=O)OC. The van der Waals surface area contributed by atoms with Gasteiger partial charge in [-0.05, 0) is 18.6 Å². The van der Waals surface area contributed by atoms with E-state index in [-0.39, 0.29) is 17.7 Å². The van der Waals surface area contributed by atoms with Crippen molar-refractivity contribution >= 4 is 17.6 Å². The van der Waals surface area contributed by atoms with Gasteiger partial charge in [0.05, 0.1) is 24.2 Å². The maximum atomic E-state index is 11.7. The molecule has 1 aromatic rings. The zero-order valence-corrected chi connectivity index (χ0v) is 11.9. The van der Waals surface area contributed by atoms with Gasteiger partial charge in [-0.1, -0.05) is 0 Å². The van der Waals surface area contributed by atoms with Gasteiger partial charge in [-0.2, -0.15) is 0 Å². The Balaban J connectivity index is 3.24. The van der Waals surface area contributed by atoms with Gasteiger partial charge in [0.2, 0.25) is 0 Å². The van der Waals surface area contributed by atoms with Crippen LogP contribution in [0.25, 0.3) is 0 Å². The van der Waals surface area contributed by atoms with Crippen LogP contribution < -0.4 is 0 Å². The summed E-state index contributed by atoms with van der Waals surface area (Å²) in [5.74, 6) is -2.03. The largest absolute Gasteiger partial charge is 0.465 e. The van der Waals surface area contributed by atoms with E-state index in [1.807, 2.05) is 0 Å². The number of benzene rings is 1. The molecule has 1 aromatic carbocycles. The van der Waals surface area contributed by atoms with Gasteiger partial charge in [0.25, 0.3) is 5.69 Å². The van der Waals surface area contributed by atoms with Crippen molar-refractivity contribution in [1.29, 1.82) is 0 Å². The lowest BCUT2D eigenvalue weighted by atomic mass is 9.98. The number of methoxy groups -OCH3 is 1. The summed E-state index contributed by atoms with van der Waals surface area (Å²) in [5, 5.41) is 30.5. The Morgan fingerprint density at radius 2 is 2.00 bits per heavy atom. The van der Waals surface area contributed by atoms with Crippen molar-refractivity contribution in [3.05, 3.63) is 39.4 Å². The predicted octanol–water partition coefficient (Wildman–Crippen LogP) is 0.339. The molecule has 0 aliphatic rings. The number of rotatable bonds is 6. The molecule has 0 heterocycles. The minimum absolute atomic E-state index is 0.00721. The van der Waals surface area contributed by atoms with E-state index in [1.54, 1.807) is 0 Å². The first-order chi connectivity index (χ1) is 10.3. The third-order valence-electron chi connectivity index (χ3n) is 2.80. The fraction of sp³-hybridized carbons (Fsp3) is 0.385. The Bertz CT molecular complexity index is 585. The number of ether oxygens (including phenoxy) is 2. The van der Waals surface area contributed by atoms with Crippen LogP contribution in [0, 0.1) is 10.1 Å². The second-order valence-corrected chi connectivity index (χ2v) is 4.16. The Morgan fingerprint density at radius 1 is 1.36 bits per heavy atom. The lowest BCUT2D eigenvalue weighted by molar-refractivity contribution is -0.384. The second-order valence-electron chi connectivity index (χ2n) is 4.16. The number of nitro groups is 1. The van der Waals surface area contributed by atoms with E-state index in [0.717, 1.165) is 25.3 Å². The number of aliphatic hydroxyl groups is 2. The van der Waals surface area contributed by atoms with E-state index in [1.165, 1.54) is 6.92 Å². The summed E-state index contributed by atoms with van der Waals surface area (Å²) in [6.45, 7) is 1.51. The number of aliphatic hydroxyl groups excluding tert-OH is 2. The van der Waals surface area contributed by atoms with Gasteiger partial charge in [-0.25, -0.2) is 9.59 Å². The molecule has 2 unspecified atom stereocenters. The van der Waals surface area contributed by atoms with E-state index in [9.17, 15) is 29.9 Å². The third-order valence-corrected chi connectivity index (χ3v) is 2.80. The van der Waals surface area contributed by atoms with Gasteiger partial charge in [-0.15, -0.1) is 0 Å². The lowest BCUT2D eigenvalue weighted by Gasteiger charge is -2.18. The number of non-ortho nitro benzene ring substituents is 1. The van der Waals surface area contributed by atoms with Crippen LogP contribution in [0.3, 0.4) is 0 Å². The molecule has 1 rings (SSSR count). The van der Waals surface area contributed by atoms with Crippen molar-refractivity contribution in [1.82, 2.24) is 0 Å². The highest BCUT2D eigenvalue weighted by molar-refractivity contribution is 5.92. The van der Waals surface area contributed by atoms with E-state index >= 15 is 0 Å². The molecular weight excluding hydrogens is 298 g/mol. The molecule has 2 N–H and O–H groups in total. The van der Waals surface area contributed by atoms with Crippen LogP contribution in [0.4, 0.5) is 5.69 Å². The van der Waals surface area contributed by atoms with E-state index in [2.05, 4.69) is 9.47 Å². The summed E-state index contributed by atoms with van der Waals surface area (Å²) in [6, 6.07) is 2.99. The zero-order chi connectivity index (χ0) is 16.9. The number of nitrogens with zero attached hydrogens (tertiary/aromatic N) is 1. The van der Waals surface area contributed by atoms with Gasteiger partial charge >= 0.3 is 11.9 Å². The Kier molecular flexibility index (Phi) is 5.96. The van der Waals surface area contributed by atoms with Crippen LogP contribution in [-0.2, 0) is 14.3 Å². The molecular formula is C13H15NO8. The van der Waals surface area contributed by atoms with Gasteiger partial charge in [0.1, 0.15) is 6.10 Å². The maximum Gasteiger partial charge on any atom is 0.338 e. The first kappa shape index (κ1) is 17.5. The molecule has 2 atom stereocenters. The third kappa shape index (κ3) is 3.77. The van der Waals surface area contributed by atoms with Crippen LogP contribution in [0.1, 0.15) is 28.9 Å². The first-order valence-electron chi connectivity index (χ1n) is 6.22. The number of carbonyl (C=O) groups excluding carboxylic acids is 2. The van der Waals surface area contributed by atoms with Gasteiger partial charge in [0, 0.05) is 12.1 Å². The van der Waals surface area contributed by atoms with Crippen LogP contribution >= 0.6 is 0 Å². The normalized spacial score (nSPS) is 13.1. The fourth-order valence-corrected chi connectivity index (χ4v) is 1.73. The molecule has 0 saturated heterocycles. The van der Waals surface area contributed by atoms with Crippen LogP contribution in [-0.4, -0.2) is 46.9 Å². The second kappa shape index (κ2) is 7.48. The molecule has 0 saturated carbocycles. The topological polar surface area (TPSA) is 136 Å². The predicted molar refractivity (Wildman–Crippen MR) is 72.0 cm³/mol. The summed E-state index contributed by atoms with van der Waals surface area (Å²) in [4.78, 5) is 33.1. The fourth-order valence-electron chi connectivity index (χ4n) is 1.73. The zero-order valence-electron chi connectivity index (χ0n) is 11.9. The first-order valence-corrected chi connectivity index (χ1v) is 6.22. The minimum atomic E-state index is -1.94. The molecule has 0 bridgehead atoms. The Hall–Kier alpha value is -2.52. The van der Waals surface area contributed by atoms with Gasteiger partial charge < -0.3 is 19.7 Å². The molecule has 0 aliphatic carbocycles. The molecule has 9 nitrogen and oxygen atoms in total. The molecule has 0 aromatic heterocycles. The average molecular weight is 313 g/mol. The van der Waals surface area contributed by atoms with Crippen LogP contribution in [0.2, 0.25) is 0 Å². The van der Waals surface area contributed by atoms with Crippen molar-refractivity contribution in [3.8, 4) is 0 Å². The summed E-state index contributed by atoms with van der Waals surface area (Å²) in [7, 11) is 1.05. The molecule has 0 spiro atoms. The minimum Gasteiger partial charge on any atom is -0.465 e. The standard InChI is InChI=1S/C13H15NO8/c1-3-22-13(18)11(16)10(15)8-5-4-7(14(19)20)6-9(8)12(17)21-2/h4-6,10-11,15-16H,3H2,1-2H3. The smallest absolute Gasteiger partial charge is 0.338 e. The molecule has 0 amide bonds. The molecule has 22 heavy (non-hydrogen) atoms. The highest BCUT2D eigenvalue weighted by atomic mass is 16.6. The Morgan fingerprint density at radius 3 is 2.50 bits per heavy atom. The number of esters is 2. The van der Waals surface area contributed by atoms with Crippen LogP contribution in [0.5, 0.6) is 0 Å². The number of hydrogen-bond donors (Lipinski definition) is 2. The molecule has 9 heteroatoms. The van der Waals surface area contributed by atoms with Crippen molar-refractivity contribution in [3.63, 3.8) is 0 Å². The van der Waals surface area contributed by atoms with Crippen molar-refractivity contribution in [2.45, 2.75) is 19.1 Å². The molecule has 0 radical (unpaired) electrons. The Labute approximate surface area is 125 Å². The quantitative estimate of drug-likeness (QED) is 0.436. The lowest BCUT2D eigenvalue weighted by Crippen LogP contribution is -2.31. The molecule has 0 fully saturated rings. The van der Waals surface area contributed by atoms with E-state index in [4.69, 9.17) is 0 Å². The van der Waals surface area contributed by atoms with Crippen molar-refractivity contribution in [2.75, 3.05) is 13.7 Å². The van der Waals surface area contributed by atoms with Gasteiger partial charge in [0.15, 0.2) is 6.10 Å². The number of hydrogen-bond acceptors (Lipinski definition) is 8. The number of carbonyl (C=O) groups is 2. The summed E-state index contributed by atoms with van der Waals surface area (Å²) in [6.07, 6.45) is -3.74. The maximum absolute atomic E-state index is 11.7. The average Bonchev–Trinajstić information content (AvgIpc) is 2.52. The summed E-state index contributed by atoms with van der Waals surface area (Å²) >= 11 is 0. The number of nitro benzene ring substituents is 1. The van der Waals surface area contributed by atoms with Gasteiger partial charge in [-0.3, -0.25) is 10.1 Å².